The highest BCUT2D eigenvalue weighted by Crippen LogP contribution is 2.28. The fraction of sp³-hybridized carbons (Fsp3) is 0.500. The lowest BCUT2D eigenvalue weighted by Gasteiger charge is -2.29. The van der Waals surface area contributed by atoms with E-state index < -0.39 is 0 Å². The molecule has 0 aliphatic carbocycles. The molecule has 0 radical (unpaired) electrons. The lowest BCUT2D eigenvalue weighted by molar-refractivity contribution is 0.0924. The monoisotopic (exact) mass is 298 g/mol. The summed E-state index contributed by atoms with van der Waals surface area (Å²) in [6.07, 6.45) is 4.44. The molecule has 2 atom stereocenters. The summed E-state index contributed by atoms with van der Waals surface area (Å²) in [6, 6.07) is 6.49. The maximum Gasteiger partial charge on any atom is 0.253 e. The third kappa shape index (κ3) is 2.73. The van der Waals surface area contributed by atoms with E-state index in [9.17, 15) is 4.79 Å². The van der Waals surface area contributed by atoms with E-state index in [-0.39, 0.29) is 11.9 Å². The molecule has 2 aliphatic rings. The molecule has 3 rings (SSSR count). The van der Waals surface area contributed by atoms with Crippen LogP contribution in [0.2, 0.25) is 10.0 Å². The van der Waals surface area contributed by atoms with Crippen molar-refractivity contribution in [3.8, 4) is 0 Å². The standard InChI is InChI=1S/C14H16Cl2N2O/c15-12-3-1-2-11(13(12)16)14(19)18-10-6-8-4-5-9(7-10)17-8/h1-3,8-10,17H,4-7H2,(H,18,19). The third-order valence-corrected chi connectivity index (χ3v) is 4.82. The molecule has 1 aromatic rings. The molecule has 2 saturated heterocycles. The number of amides is 1. The molecule has 2 unspecified atom stereocenters. The number of fused-ring (bicyclic) bond motifs is 2. The SMILES string of the molecule is O=C(NC1CC2CCC(C1)N2)c1cccc(Cl)c1Cl. The van der Waals surface area contributed by atoms with Crippen molar-refractivity contribution in [2.75, 3.05) is 0 Å². The van der Waals surface area contributed by atoms with E-state index in [1.807, 2.05) is 0 Å². The summed E-state index contributed by atoms with van der Waals surface area (Å²) in [4.78, 5) is 12.2. The van der Waals surface area contributed by atoms with Crippen molar-refractivity contribution in [3.63, 3.8) is 0 Å². The lowest BCUT2D eigenvalue weighted by atomic mass is 9.99. The maximum absolute atomic E-state index is 12.2. The van der Waals surface area contributed by atoms with Crippen LogP contribution in [0.25, 0.3) is 0 Å². The van der Waals surface area contributed by atoms with Gasteiger partial charge in [-0.15, -0.1) is 0 Å². The Labute approximate surface area is 122 Å². The summed E-state index contributed by atoms with van der Waals surface area (Å²) in [7, 11) is 0. The van der Waals surface area contributed by atoms with Gasteiger partial charge in [0.25, 0.3) is 5.91 Å². The molecule has 2 aliphatic heterocycles. The Balaban J connectivity index is 1.70. The number of piperidine rings is 1. The van der Waals surface area contributed by atoms with Crippen LogP contribution in [-0.4, -0.2) is 24.0 Å². The summed E-state index contributed by atoms with van der Waals surface area (Å²) >= 11 is 12.0. The maximum atomic E-state index is 12.2. The largest absolute Gasteiger partial charge is 0.349 e. The molecule has 5 heteroatoms. The van der Waals surface area contributed by atoms with Gasteiger partial charge in [-0.3, -0.25) is 4.79 Å². The normalized spacial score (nSPS) is 29.3. The van der Waals surface area contributed by atoms with Crippen LogP contribution < -0.4 is 10.6 Å². The first kappa shape index (κ1) is 13.2. The van der Waals surface area contributed by atoms with Gasteiger partial charge in [-0.05, 0) is 37.8 Å². The zero-order valence-electron chi connectivity index (χ0n) is 10.5. The van der Waals surface area contributed by atoms with Crippen molar-refractivity contribution < 1.29 is 4.79 Å². The van der Waals surface area contributed by atoms with Crippen LogP contribution >= 0.6 is 23.2 Å². The van der Waals surface area contributed by atoms with E-state index in [1.54, 1.807) is 18.2 Å². The Morgan fingerprint density at radius 2 is 1.89 bits per heavy atom. The van der Waals surface area contributed by atoms with Crippen molar-refractivity contribution >= 4 is 29.1 Å². The number of hydrogen-bond acceptors (Lipinski definition) is 2. The topological polar surface area (TPSA) is 41.1 Å². The van der Waals surface area contributed by atoms with Gasteiger partial charge in [-0.2, -0.15) is 0 Å². The van der Waals surface area contributed by atoms with Gasteiger partial charge in [0.2, 0.25) is 0 Å². The van der Waals surface area contributed by atoms with Gasteiger partial charge in [0.1, 0.15) is 0 Å². The molecule has 0 saturated carbocycles. The van der Waals surface area contributed by atoms with Gasteiger partial charge in [-0.1, -0.05) is 29.3 Å². The number of carbonyl (C=O) groups is 1. The predicted molar refractivity (Wildman–Crippen MR) is 76.9 cm³/mol. The van der Waals surface area contributed by atoms with Crippen LogP contribution in [0.1, 0.15) is 36.0 Å². The van der Waals surface area contributed by atoms with Crippen LogP contribution in [0, 0.1) is 0 Å². The lowest BCUT2D eigenvalue weighted by Crippen LogP contribution is -2.48. The number of benzene rings is 1. The minimum atomic E-state index is -0.126. The van der Waals surface area contributed by atoms with E-state index in [2.05, 4.69) is 10.6 Å². The molecule has 102 valence electrons. The average Bonchev–Trinajstić information content (AvgIpc) is 2.72. The summed E-state index contributed by atoms with van der Waals surface area (Å²) in [5.74, 6) is -0.126. The third-order valence-electron chi connectivity index (χ3n) is 4.00. The zero-order chi connectivity index (χ0) is 13.4. The smallest absolute Gasteiger partial charge is 0.253 e. The molecule has 1 amide bonds. The highest BCUT2D eigenvalue weighted by molar-refractivity contribution is 6.43. The van der Waals surface area contributed by atoms with Crippen molar-refractivity contribution in [2.24, 2.45) is 0 Å². The van der Waals surface area contributed by atoms with Gasteiger partial charge in [0, 0.05) is 18.1 Å². The molecule has 2 fully saturated rings. The quantitative estimate of drug-likeness (QED) is 0.881. The zero-order valence-corrected chi connectivity index (χ0v) is 12.0. The molecule has 2 N–H and O–H groups in total. The van der Waals surface area contributed by atoms with Crippen molar-refractivity contribution in [1.29, 1.82) is 0 Å². The highest BCUT2D eigenvalue weighted by atomic mass is 35.5. The average molecular weight is 299 g/mol. The highest BCUT2D eigenvalue weighted by Gasteiger charge is 2.34. The Kier molecular flexibility index (Phi) is 3.70. The van der Waals surface area contributed by atoms with E-state index in [0.717, 1.165) is 12.8 Å². The first-order valence-electron chi connectivity index (χ1n) is 6.64. The van der Waals surface area contributed by atoms with Crippen LogP contribution in [0.3, 0.4) is 0 Å². The second kappa shape index (κ2) is 5.31. The fourth-order valence-corrected chi connectivity index (χ4v) is 3.50. The van der Waals surface area contributed by atoms with E-state index in [0.29, 0.717) is 27.7 Å². The minimum Gasteiger partial charge on any atom is -0.349 e. The Morgan fingerprint density at radius 1 is 1.21 bits per heavy atom. The summed E-state index contributed by atoms with van der Waals surface area (Å²) in [6.45, 7) is 0. The predicted octanol–water partition coefficient (Wildman–Crippen LogP) is 3.01. The van der Waals surface area contributed by atoms with Crippen LogP contribution in [0.5, 0.6) is 0 Å². The first-order valence-corrected chi connectivity index (χ1v) is 7.40. The van der Waals surface area contributed by atoms with Gasteiger partial charge in [0.15, 0.2) is 0 Å². The summed E-state index contributed by atoms with van der Waals surface area (Å²) < 4.78 is 0. The van der Waals surface area contributed by atoms with Gasteiger partial charge >= 0.3 is 0 Å². The fourth-order valence-electron chi connectivity index (χ4n) is 3.12. The molecular weight excluding hydrogens is 283 g/mol. The molecule has 0 spiro atoms. The number of carbonyl (C=O) groups excluding carboxylic acids is 1. The molecule has 2 bridgehead atoms. The van der Waals surface area contributed by atoms with Crippen molar-refractivity contribution in [3.05, 3.63) is 33.8 Å². The van der Waals surface area contributed by atoms with E-state index in [1.165, 1.54) is 12.8 Å². The Morgan fingerprint density at radius 3 is 2.58 bits per heavy atom. The number of nitrogens with one attached hydrogen (secondary N) is 2. The van der Waals surface area contributed by atoms with Crippen LogP contribution in [0.4, 0.5) is 0 Å². The van der Waals surface area contributed by atoms with Crippen molar-refractivity contribution in [1.82, 2.24) is 10.6 Å². The van der Waals surface area contributed by atoms with Crippen LogP contribution in [0.15, 0.2) is 18.2 Å². The second-order valence-corrected chi connectivity index (χ2v) is 6.17. The van der Waals surface area contributed by atoms with Gasteiger partial charge in [-0.25, -0.2) is 0 Å². The van der Waals surface area contributed by atoms with Crippen LogP contribution in [-0.2, 0) is 0 Å². The summed E-state index contributed by atoms with van der Waals surface area (Å²) in [5, 5.41) is 7.39. The number of rotatable bonds is 2. The first-order chi connectivity index (χ1) is 9.13. The number of halogens is 2. The van der Waals surface area contributed by atoms with E-state index in [4.69, 9.17) is 23.2 Å². The van der Waals surface area contributed by atoms with E-state index >= 15 is 0 Å². The molecule has 19 heavy (non-hydrogen) atoms. The molecule has 3 nitrogen and oxygen atoms in total. The van der Waals surface area contributed by atoms with Gasteiger partial charge in [0.05, 0.1) is 15.6 Å². The summed E-state index contributed by atoms with van der Waals surface area (Å²) in [5.41, 5.74) is 0.458. The Bertz CT molecular complexity index is 494. The number of hydrogen-bond donors (Lipinski definition) is 2. The molecule has 2 heterocycles. The second-order valence-electron chi connectivity index (χ2n) is 5.38. The molecular formula is C14H16Cl2N2O. The Hall–Kier alpha value is -0.770. The molecule has 1 aromatic carbocycles. The minimum absolute atomic E-state index is 0.126. The molecule has 0 aromatic heterocycles. The van der Waals surface area contributed by atoms with Crippen molar-refractivity contribution in [2.45, 2.75) is 43.8 Å². The van der Waals surface area contributed by atoms with Gasteiger partial charge < -0.3 is 10.6 Å².